The molecule has 4 rings (SSSR count). The average Bonchev–Trinajstić information content (AvgIpc) is 3.04. The normalized spacial score (nSPS) is 24.2. The maximum Gasteiger partial charge on any atom is 0.269 e. The Hall–Kier alpha value is -2.62. The number of nitrogens with zero attached hydrogens (tertiary/aromatic N) is 1. The Labute approximate surface area is 141 Å². The van der Waals surface area contributed by atoms with Crippen molar-refractivity contribution >= 4 is 11.4 Å². The molecule has 2 aromatic rings. The minimum atomic E-state index is -0.347. The van der Waals surface area contributed by atoms with Gasteiger partial charge in [0.05, 0.1) is 11.0 Å². The van der Waals surface area contributed by atoms with Crippen LogP contribution in [0.5, 0.6) is 0 Å². The fourth-order valence-corrected chi connectivity index (χ4v) is 4.21. The summed E-state index contributed by atoms with van der Waals surface area (Å²) in [4.78, 5) is 10.5. The topological polar surface area (TPSA) is 55.2 Å². The van der Waals surface area contributed by atoms with Crippen molar-refractivity contribution in [2.75, 3.05) is 5.32 Å². The number of hydrogen-bond acceptors (Lipinski definition) is 3. The van der Waals surface area contributed by atoms with Crippen LogP contribution in [0, 0.1) is 29.9 Å². The predicted octanol–water partition coefficient (Wildman–Crippen LogP) is 5.04. The van der Waals surface area contributed by atoms with E-state index in [2.05, 4.69) is 43.4 Å². The summed E-state index contributed by atoms with van der Waals surface area (Å²) < 4.78 is 0. The van der Waals surface area contributed by atoms with Gasteiger partial charge in [-0.15, -0.1) is 0 Å². The van der Waals surface area contributed by atoms with Gasteiger partial charge in [0.2, 0.25) is 0 Å². The van der Waals surface area contributed by atoms with Crippen molar-refractivity contribution in [2.24, 2.45) is 5.92 Å². The number of hydrogen-bond donors (Lipinski definition) is 1. The summed E-state index contributed by atoms with van der Waals surface area (Å²) >= 11 is 0. The first kappa shape index (κ1) is 14.9. The Bertz CT molecular complexity index is 839. The lowest BCUT2D eigenvalue weighted by atomic mass is 9.76. The molecular formula is C20H20N2O2. The number of rotatable bonds is 2. The Morgan fingerprint density at radius 1 is 1.17 bits per heavy atom. The summed E-state index contributed by atoms with van der Waals surface area (Å²) in [5.41, 5.74) is 6.41. The molecule has 0 spiro atoms. The number of nitro benzene ring substituents is 1. The number of allylic oxidation sites excluding steroid dienone is 2. The Morgan fingerprint density at radius 2 is 1.92 bits per heavy atom. The first-order valence-corrected chi connectivity index (χ1v) is 8.33. The first-order valence-electron chi connectivity index (χ1n) is 8.33. The molecule has 1 heterocycles. The van der Waals surface area contributed by atoms with E-state index in [0.29, 0.717) is 11.8 Å². The van der Waals surface area contributed by atoms with Gasteiger partial charge in [-0.3, -0.25) is 10.1 Å². The second-order valence-electron chi connectivity index (χ2n) is 6.87. The lowest BCUT2D eigenvalue weighted by Crippen LogP contribution is -2.29. The van der Waals surface area contributed by atoms with Gasteiger partial charge in [-0.25, -0.2) is 0 Å². The number of anilines is 1. The highest BCUT2D eigenvalue weighted by molar-refractivity contribution is 5.65. The smallest absolute Gasteiger partial charge is 0.269 e. The van der Waals surface area contributed by atoms with Gasteiger partial charge in [0.25, 0.3) is 5.69 Å². The molecular weight excluding hydrogens is 300 g/mol. The van der Waals surface area contributed by atoms with Crippen molar-refractivity contribution in [3.63, 3.8) is 0 Å². The summed E-state index contributed by atoms with van der Waals surface area (Å²) in [5, 5.41) is 14.6. The summed E-state index contributed by atoms with van der Waals surface area (Å²) in [7, 11) is 0. The summed E-state index contributed by atoms with van der Waals surface area (Å²) in [6.45, 7) is 4.29. The molecule has 3 atom stereocenters. The highest BCUT2D eigenvalue weighted by Crippen LogP contribution is 2.50. The van der Waals surface area contributed by atoms with Crippen LogP contribution in [0.4, 0.5) is 11.4 Å². The van der Waals surface area contributed by atoms with E-state index in [9.17, 15) is 10.1 Å². The van der Waals surface area contributed by atoms with E-state index >= 15 is 0 Å². The van der Waals surface area contributed by atoms with Crippen molar-refractivity contribution in [3.05, 3.63) is 80.9 Å². The van der Waals surface area contributed by atoms with E-state index in [1.54, 1.807) is 12.1 Å². The van der Waals surface area contributed by atoms with Gasteiger partial charge in [-0.05, 0) is 42.9 Å². The molecule has 0 amide bonds. The predicted molar refractivity (Wildman–Crippen MR) is 95.4 cm³/mol. The standard InChI is InChI=1S/C20H20N2O2/c1-12-10-13(2)19-18(11-12)16-4-3-5-17(16)20(21-19)14-6-8-15(9-7-14)22(23)24/h3-4,6-11,16-17,20-21H,5H2,1-2H3/t16-,17-,20+/m1/s1. The molecule has 1 N–H and O–H groups in total. The third kappa shape index (κ3) is 2.30. The van der Waals surface area contributed by atoms with Gasteiger partial charge in [0, 0.05) is 23.7 Å². The van der Waals surface area contributed by atoms with Gasteiger partial charge in [0.1, 0.15) is 0 Å². The molecule has 0 saturated heterocycles. The quantitative estimate of drug-likeness (QED) is 0.479. The third-order valence-corrected chi connectivity index (χ3v) is 5.27. The number of non-ortho nitro benzene ring substituents is 1. The molecule has 1 aliphatic carbocycles. The SMILES string of the molecule is Cc1cc(C)c2c(c1)[C@@H]1C=CC[C@H]1[C@H](c1ccc([N+](=O)[O-])cc1)N2. The van der Waals surface area contributed by atoms with Crippen LogP contribution in [0.15, 0.2) is 48.6 Å². The third-order valence-electron chi connectivity index (χ3n) is 5.27. The molecule has 0 bridgehead atoms. The monoisotopic (exact) mass is 320 g/mol. The summed E-state index contributed by atoms with van der Waals surface area (Å²) in [6, 6.07) is 11.7. The van der Waals surface area contributed by atoms with E-state index in [1.165, 1.54) is 22.4 Å². The van der Waals surface area contributed by atoms with Crippen LogP contribution in [0.3, 0.4) is 0 Å². The molecule has 2 aliphatic rings. The lowest BCUT2D eigenvalue weighted by Gasteiger charge is -2.38. The molecule has 0 unspecified atom stereocenters. The molecule has 24 heavy (non-hydrogen) atoms. The maximum atomic E-state index is 10.9. The molecule has 1 aliphatic heterocycles. The van der Waals surface area contributed by atoms with Crippen LogP contribution >= 0.6 is 0 Å². The van der Waals surface area contributed by atoms with Crippen LogP contribution in [0.1, 0.15) is 40.6 Å². The van der Waals surface area contributed by atoms with Crippen LogP contribution in [0.2, 0.25) is 0 Å². The van der Waals surface area contributed by atoms with E-state index in [-0.39, 0.29) is 16.7 Å². The minimum absolute atomic E-state index is 0.142. The fourth-order valence-electron chi connectivity index (χ4n) is 4.21. The minimum Gasteiger partial charge on any atom is -0.377 e. The zero-order chi connectivity index (χ0) is 16.8. The van der Waals surface area contributed by atoms with Crippen molar-refractivity contribution in [1.82, 2.24) is 0 Å². The van der Waals surface area contributed by atoms with Gasteiger partial charge >= 0.3 is 0 Å². The first-order chi connectivity index (χ1) is 11.5. The number of fused-ring (bicyclic) bond motifs is 3. The average molecular weight is 320 g/mol. The van der Waals surface area contributed by atoms with Crippen LogP contribution in [-0.4, -0.2) is 4.92 Å². The van der Waals surface area contributed by atoms with Gasteiger partial charge in [0.15, 0.2) is 0 Å². The highest BCUT2D eigenvalue weighted by atomic mass is 16.6. The van der Waals surface area contributed by atoms with Gasteiger partial charge in [-0.2, -0.15) is 0 Å². The van der Waals surface area contributed by atoms with E-state index in [1.807, 2.05) is 12.1 Å². The molecule has 4 heteroatoms. The number of nitrogens with one attached hydrogen (secondary N) is 1. The number of nitro groups is 1. The van der Waals surface area contributed by atoms with Crippen molar-refractivity contribution < 1.29 is 4.92 Å². The zero-order valence-electron chi connectivity index (χ0n) is 13.8. The molecule has 0 radical (unpaired) electrons. The zero-order valence-corrected chi connectivity index (χ0v) is 13.8. The molecule has 0 saturated carbocycles. The molecule has 0 aromatic heterocycles. The van der Waals surface area contributed by atoms with Crippen LogP contribution < -0.4 is 5.32 Å². The maximum absolute atomic E-state index is 10.9. The van der Waals surface area contributed by atoms with Crippen molar-refractivity contribution in [1.29, 1.82) is 0 Å². The molecule has 0 fully saturated rings. The van der Waals surface area contributed by atoms with Gasteiger partial charge < -0.3 is 5.32 Å². The van der Waals surface area contributed by atoms with E-state index in [4.69, 9.17) is 0 Å². The number of benzene rings is 2. The van der Waals surface area contributed by atoms with Crippen LogP contribution in [-0.2, 0) is 0 Å². The second-order valence-corrected chi connectivity index (χ2v) is 6.87. The van der Waals surface area contributed by atoms with Gasteiger partial charge in [-0.1, -0.05) is 42.0 Å². The van der Waals surface area contributed by atoms with Crippen molar-refractivity contribution in [2.45, 2.75) is 32.2 Å². The molecule has 122 valence electrons. The molecule has 2 aromatic carbocycles. The molecule has 4 nitrogen and oxygen atoms in total. The summed E-state index contributed by atoms with van der Waals surface area (Å²) in [5.74, 6) is 0.875. The fraction of sp³-hybridized carbons (Fsp3) is 0.300. The largest absolute Gasteiger partial charge is 0.377 e. The van der Waals surface area contributed by atoms with Crippen molar-refractivity contribution in [3.8, 4) is 0 Å². The Balaban J connectivity index is 1.76. The Morgan fingerprint density at radius 3 is 2.62 bits per heavy atom. The van der Waals surface area contributed by atoms with E-state index < -0.39 is 0 Å². The number of aryl methyl sites for hydroxylation is 2. The lowest BCUT2D eigenvalue weighted by molar-refractivity contribution is -0.384. The van der Waals surface area contributed by atoms with E-state index in [0.717, 1.165) is 12.0 Å². The summed E-state index contributed by atoms with van der Waals surface area (Å²) in [6.07, 6.45) is 5.62. The Kier molecular flexibility index (Phi) is 3.41. The highest BCUT2D eigenvalue weighted by Gasteiger charge is 2.38. The van der Waals surface area contributed by atoms with Crippen LogP contribution in [0.25, 0.3) is 0 Å². The second kappa shape index (κ2) is 5.48.